The van der Waals surface area contributed by atoms with Crippen molar-refractivity contribution < 1.29 is 17.6 Å². The largest absolute Gasteiger partial charge is 0.356 e. The first-order valence-electron chi connectivity index (χ1n) is 13.0. The third-order valence-electron chi connectivity index (χ3n) is 8.52. The zero-order valence-corrected chi connectivity index (χ0v) is 22.3. The SMILES string of the molecule is Cc1ccnc(C(=O)[C@]23Cc4ccn(-c5ccc(F)cc5)c4CC2CC[C@H](S(=O)(=O)c2ccn(C)c2)C3)c1. The summed E-state index contributed by atoms with van der Waals surface area (Å²) in [5.41, 5.74) is 3.48. The van der Waals surface area contributed by atoms with Crippen LogP contribution < -0.4 is 0 Å². The molecular formula is C30H30FN3O3S. The van der Waals surface area contributed by atoms with Crippen molar-refractivity contribution >= 4 is 15.6 Å². The molecule has 6 nitrogen and oxygen atoms in total. The van der Waals surface area contributed by atoms with Crippen LogP contribution in [0.25, 0.3) is 5.69 Å². The molecule has 0 amide bonds. The van der Waals surface area contributed by atoms with E-state index in [0.717, 1.165) is 22.5 Å². The fourth-order valence-electron chi connectivity index (χ4n) is 6.54. The van der Waals surface area contributed by atoms with Crippen LogP contribution in [-0.4, -0.2) is 33.6 Å². The van der Waals surface area contributed by atoms with Gasteiger partial charge in [-0.3, -0.25) is 9.78 Å². The highest BCUT2D eigenvalue weighted by Gasteiger charge is 2.55. The van der Waals surface area contributed by atoms with Crippen LogP contribution in [-0.2, 0) is 29.7 Å². The number of hydrogen-bond acceptors (Lipinski definition) is 4. The first-order chi connectivity index (χ1) is 18.2. The van der Waals surface area contributed by atoms with E-state index in [9.17, 15) is 17.6 Å². The number of sulfone groups is 1. The summed E-state index contributed by atoms with van der Waals surface area (Å²) >= 11 is 0. The monoisotopic (exact) mass is 531 g/mol. The lowest BCUT2D eigenvalue weighted by Gasteiger charge is -2.48. The summed E-state index contributed by atoms with van der Waals surface area (Å²) in [5, 5.41) is -0.643. The van der Waals surface area contributed by atoms with E-state index in [1.54, 1.807) is 48.4 Å². The second kappa shape index (κ2) is 9.05. The number of Topliss-reactive ketones (excluding diaryl/α,β-unsaturated/α-hetero) is 1. The van der Waals surface area contributed by atoms with Crippen molar-refractivity contribution in [1.82, 2.24) is 14.1 Å². The minimum Gasteiger partial charge on any atom is -0.356 e. The fourth-order valence-corrected chi connectivity index (χ4v) is 8.45. The highest BCUT2D eigenvalue weighted by atomic mass is 32.2. The molecule has 1 saturated carbocycles. The topological polar surface area (TPSA) is 74.0 Å². The molecule has 1 unspecified atom stereocenters. The van der Waals surface area contributed by atoms with Crippen molar-refractivity contribution in [2.75, 3.05) is 0 Å². The van der Waals surface area contributed by atoms with Crippen LogP contribution in [0.5, 0.6) is 0 Å². The van der Waals surface area contributed by atoms with Crippen LogP contribution in [0.4, 0.5) is 4.39 Å². The van der Waals surface area contributed by atoms with Crippen molar-refractivity contribution in [3.05, 3.63) is 102 Å². The van der Waals surface area contributed by atoms with Gasteiger partial charge in [-0.1, -0.05) is 0 Å². The van der Waals surface area contributed by atoms with Gasteiger partial charge in [0.05, 0.1) is 10.1 Å². The van der Waals surface area contributed by atoms with Crippen LogP contribution in [0.15, 0.2) is 78.2 Å². The maximum Gasteiger partial charge on any atom is 0.187 e. The molecule has 2 aliphatic rings. The molecule has 3 heterocycles. The van der Waals surface area contributed by atoms with Gasteiger partial charge in [0.15, 0.2) is 15.6 Å². The van der Waals surface area contributed by atoms with Crippen LogP contribution in [0.3, 0.4) is 0 Å². The van der Waals surface area contributed by atoms with Crippen LogP contribution in [0.2, 0.25) is 0 Å². The molecule has 3 atom stereocenters. The lowest BCUT2D eigenvalue weighted by atomic mass is 9.56. The standard InChI is InChI=1S/C30H30FN3O3S/c1-20-9-12-32-27(15-20)29(35)30-17-21-10-14-34(24-6-4-23(31)5-7-24)28(21)16-22(30)3-8-25(18-30)38(36,37)26-11-13-33(2)19-26/h4-7,9-15,19,22,25H,3,8,16-18H2,1-2H3/t22?,25-,30-/m0/s1. The normalized spacial score (nSPS) is 23.0. The van der Waals surface area contributed by atoms with E-state index < -0.39 is 20.5 Å². The van der Waals surface area contributed by atoms with Crippen molar-refractivity contribution in [2.45, 2.75) is 49.2 Å². The molecule has 0 aliphatic heterocycles. The van der Waals surface area contributed by atoms with Crippen molar-refractivity contribution in [1.29, 1.82) is 0 Å². The average molecular weight is 532 g/mol. The number of aromatic nitrogens is 3. The van der Waals surface area contributed by atoms with Crippen molar-refractivity contribution in [3.8, 4) is 5.69 Å². The van der Waals surface area contributed by atoms with Gasteiger partial charge in [0.25, 0.3) is 0 Å². The molecule has 0 N–H and O–H groups in total. The fraction of sp³-hybridized carbons (Fsp3) is 0.333. The van der Waals surface area contributed by atoms with Gasteiger partial charge in [0, 0.05) is 48.6 Å². The van der Waals surface area contributed by atoms with E-state index in [-0.39, 0.29) is 23.9 Å². The number of carbonyl (C=O) groups is 1. The molecule has 196 valence electrons. The molecule has 8 heteroatoms. The zero-order valence-electron chi connectivity index (χ0n) is 21.5. The maximum atomic E-state index is 14.3. The molecule has 0 spiro atoms. The molecule has 3 aromatic heterocycles. The number of hydrogen-bond donors (Lipinski definition) is 0. The van der Waals surface area contributed by atoms with Crippen LogP contribution in [0, 0.1) is 24.1 Å². The Morgan fingerprint density at radius 3 is 2.58 bits per heavy atom. The third-order valence-corrected chi connectivity index (χ3v) is 10.7. The van der Waals surface area contributed by atoms with E-state index in [0.29, 0.717) is 36.3 Å². The summed E-state index contributed by atoms with van der Waals surface area (Å²) in [7, 11) is -1.80. The predicted molar refractivity (Wildman–Crippen MR) is 143 cm³/mol. The highest BCUT2D eigenvalue weighted by molar-refractivity contribution is 7.92. The number of benzene rings is 1. The first kappa shape index (κ1) is 24.8. The molecule has 0 bridgehead atoms. The van der Waals surface area contributed by atoms with Gasteiger partial charge in [-0.05, 0) is 105 Å². The van der Waals surface area contributed by atoms with E-state index in [4.69, 9.17) is 0 Å². The minimum atomic E-state index is -3.61. The number of aryl methyl sites for hydroxylation is 2. The zero-order chi connectivity index (χ0) is 26.7. The summed E-state index contributed by atoms with van der Waals surface area (Å²) in [6.07, 6.45) is 9.50. The second-order valence-corrected chi connectivity index (χ2v) is 13.1. The number of nitrogens with zero attached hydrogens (tertiary/aromatic N) is 3. The molecule has 0 saturated heterocycles. The van der Waals surface area contributed by atoms with Crippen LogP contribution in [0.1, 0.15) is 46.6 Å². The Bertz CT molecular complexity index is 1640. The second-order valence-electron chi connectivity index (χ2n) is 10.9. The third kappa shape index (κ3) is 4.02. The van der Waals surface area contributed by atoms with Gasteiger partial charge in [-0.15, -0.1) is 0 Å². The van der Waals surface area contributed by atoms with Crippen molar-refractivity contribution in [3.63, 3.8) is 0 Å². The predicted octanol–water partition coefficient (Wildman–Crippen LogP) is 5.27. The maximum absolute atomic E-state index is 14.3. The summed E-state index contributed by atoms with van der Waals surface area (Å²) in [5.74, 6) is -0.386. The number of halogens is 1. The number of rotatable bonds is 5. The summed E-state index contributed by atoms with van der Waals surface area (Å²) in [6, 6.07) is 13.7. The lowest BCUT2D eigenvalue weighted by molar-refractivity contribution is 0.0488. The average Bonchev–Trinajstić information content (AvgIpc) is 3.53. The Morgan fingerprint density at radius 2 is 1.87 bits per heavy atom. The highest BCUT2D eigenvalue weighted by Crippen LogP contribution is 2.53. The number of ketones is 1. The van der Waals surface area contributed by atoms with Gasteiger partial charge in [0.1, 0.15) is 11.5 Å². The number of carbonyl (C=O) groups excluding carboxylic acids is 1. The Morgan fingerprint density at radius 1 is 1.08 bits per heavy atom. The van der Waals surface area contributed by atoms with Gasteiger partial charge in [-0.2, -0.15) is 0 Å². The van der Waals surface area contributed by atoms with E-state index >= 15 is 0 Å². The Labute approximate surface area is 222 Å². The smallest absolute Gasteiger partial charge is 0.187 e. The van der Waals surface area contributed by atoms with E-state index in [2.05, 4.69) is 9.55 Å². The molecule has 2 aliphatic carbocycles. The molecular weight excluding hydrogens is 501 g/mol. The minimum absolute atomic E-state index is 0.0267. The van der Waals surface area contributed by atoms with Gasteiger partial charge >= 0.3 is 0 Å². The summed E-state index contributed by atoms with van der Waals surface area (Å²) < 4.78 is 44.8. The molecule has 0 radical (unpaired) electrons. The van der Waals surface area contributed by atoms with Gasteiger partial charge in [0.2, 0.25) is 0 Å². The van der Waals surface area contributed by atoms with Gasteiger partial charge < -0.3 is 9.13 Å². The van der Waals surface area contributed by atoms with E-state index in [1.165, 1.54) is 12.1 Å². The summed E-state index contributed by atoms with van der Waals surface area (Å²) in [4.78, 5) is 19.1. The van der Waals surface area contributed by atoms with Gasteiger partial charge in [-0.25, -0.2) is 12.8 Å². The molecule has 38 heavy (non-hydrogen) atoms. The quantitative estimate of drug-likeness (QED) is 0.329. The molecule has 4 aromatic rings. The Kier molecular flexibility index (Phi) is 5.90. The van der Waals surface area contributed by atoms with E-state index in [1.807, 2.05) is 31.3 Å². The van der Waals surface area contributed by atoms with Crippen LogP contribution >= 0.6 is 0 Å². The number of pyridine rings is 1. The Balaban J connectivity index is 1.43. The van der Waals surface area contributed by atoms with Crippen molar-refractivity contribution in [2.24, 2.45) is 18.4 Å². The summed E-state index contributed by atoms with van der Waals surface area (Å²) in [6.45, 7) is 1.93. The lowest BCUT2D eigenvalue weighted by Crippen LogP contribution is -2.51. The Hall–Kier alpha value is -3.52. The first-order valence-corrected chi connectivity index (χ1v) is 14.5. The molecule has 6 rings (SSSR count). The molecule has 1 aromatic carbocycles. The molecule has 1 fully saturated rings. The number of fused-ring (bicyclic) bond motifs is 2.